The first-order chi connectivity index (χ1) is 10.8. The van der Waals surface area contributed by atoms with Crippen molar-refractivity contribution in [2.24, 2.45) is 0 Å². The molecule has 0 bridgehead atoms. The van der Waals surface area contributed by atoms with Gasteiger partial charge in [0.05, 0.1) is 23.2 Å². The molecule has 2 aromatic carbocycles. The number of nitrogens with zero attached hydrogens (tertiary/aromatic N) is 2. The molecule has 0 unspecified atom stereocenters. The molecule has 0 radical (unpaired) electrons. The summed E-state index contributed by atoms with van der Waals surface area (Å²) in [6.07, 6.45) is 1.01. The molecule has 0 amide bonds. The summed E-state index contributed by atoms with van der Waals surface area (Å²) < 4.78 is 7.29. The molecule has 0 saturated heterocycles. The summed E-state index contributed by atoms with van der Waals surface area (Å²) >= 11 is 0. The lowest BCUT2D eigenvalue weighted by atomic mass is 10.0. The normalized spacial score (nSPS) is 12.8. The lowest BCUT2D eigenvalue weighted by Crippen LogP contribution is -2.10. The first-order valence-corrected chi connectivity index (χ1v) is 7.53. The second-order valence-corrected chi connectivity index (χ2v) is 5.42. The van der Waals surface area contributed by atoms with E-state index in [1.165, 1.54) is 11.1 Å². The number of aryl methyl sites for hydroxylation is 2. The standard InChI is InChI=1S/C18H16N2O2/c1-2-22-18(21)13-7-8-16-15(11-13)19-17-14-6-4-3-5-12(14)9-10-20(16)17/h3-8,11H,2,9-10H2,1H3. The Bertz CT molecular complexity index is 880. The van der Waals surface area contributed by atoms with E-state index in [2.05, 4.69) is 22.8 Å². The summed E-state index contributed by atoms with van der Waals surface area (Å²) in [5.41, 5.74) is 4.98. The molecule has 1 aromatic heterocycles. The van der Waals surface area contributed by atoms with Crippen LogP contribution in [0.1, 0.15) is 22.8 Å². The van der Waals surface area contributed by atoms with E-state index >= 15 is 0 Å². The molecule has 110 valence electrons. The number of aromatic nitrogens is 2. The molecule has 0 N–H and O–H groups in total. The van der Waals surface area contributed by atoms with Gasteiger partial charge in [-0.3, -0.25) is 0 Å². The van der Waals surface area contributed by atoms with Crippen LogP contribution in [0.3, 0.4) is 0 Å². The molecule has 4 nitrogen and oxygen atoms in total. The quantitative estimate of drug-likeness (QED) is 0.680. The Balaban J connectivity index is 1.87. The van der Waals surface area contributed by atoms with Crippen LogP contribution in [0.25, 0.3) is 22.4 Å². The molecular weight excluding hydrogens is 276 g/mol. The fourth-order valence-electron chi connectivity index (χ4n) is 3.09. The van der Waals surface area contributed by atoms with Gasteiger partial charge in [0, 0.05) is 12.1 Å². The van der Waals surface area contributed by atoms with Crippen molar-refractivity contribution in [3.63, 3.8) is 0 Å². The van der Waals surface area contributed by atoms with Crippen molar-refractivity contribution in [1.82, 2.24) is 9.55 Å². The molecule has 0 spiro atoms. The van der Waals surface area contributed by atoms with E-state index < -0.39 is 0 Å². The van der Waals surface area contributed by atoms with Gasteiger partial charge in [-0.2, -0.15) is 0 Å². The topological polar surface area (TPSA) is 44.1 Å². The van der Waals surface area contributed by atoms with Crippen molar-refractivity contribution < 1.29 is 9.53 Å². The Morgan fingerprint density at radius 1 is 1.27 bits per heavy atom. The van der Waals surface area contributed by atoms with Crippen LogP contribution >= 0.6 is 0 Å². The molecule has 1 aliphatic heterocycles. The summed E-state index contributed by atoms with van der Waals surface area (Å²) in [5, 5.41) is 0. The molecule has 4 rings (SSSR count). The van der Waals surface area contributed by atoms with Gasteiger partial charge in [-0.15, -0.1) is 0 Å². The number of esters is 1. The Morgan fingerprint density at radius 2 is 2.14 bits per heavy atom. The minimum Gasteiger partial charge on any atom is -0.462 e. The monoisotopic (exact) mass is 292 g/mol. The van der Waals surface area contributed by atoms with Crippen molar-refractivity contribution in [1.29, 1.82) is 0 Å². The van der Waals surface area contributed by atoms with Crippen LogP contribution in [-0.2, 0) is 17.7 Å². The predicted octanol–water partition coefficient (Wildman–Crippen LogP) is 3.44. The lowest BCUT2D eigenvalue weighted by Gasteiger charge is -2.18. The Morgan fingerprint density at radius 3 is 3.00 bits per heavy atom. The SMILES string of the molecule is CCOC(=O)c1ccc2c(c1)nc1n2CCc2ccccc2-1. The van der Waals surface area contributed by atoms with Crippen LogP contribution in [0.5, 0.6) is 0 Å². The third-order valence-electron chi connectivity index (χ3n) is 4.12. The summed E-state index contributed by atoms with van der Waals surface area (Å²) in [6, 6.07) is 14.0. The smallest absolute Gasteiger partial charge is 0.338 e. The number of hydrogen-bond acceptors (Lipinski definition) is 3. The number of hydrogen-bond donors (Lipinski definition) is 0. The van der Waals surface area contributed by atoms with Gasteiger partial charge in [0.25, 0.3) is 0 Å². The van der Waals surface area contributed by atoms with Gasteiger partial charge in [0.2, 0.25) is 0 Å². The van der Waals surface area contributed by atoms with Crippen LogP contribution in [0.4, 0.5) is 0 Å². The average Bonchev–Trinajstić information content (AvgIpc) is 2.93. The largest absolute Gasteiger partial charge is 0.462 e. The summed E-state index contributed by atoms with van der Waals surface area (Å²) in [4.78, 5) is 16.6. The molecule has 0 atom stereocenters. The van der Waals surface area contributed by atoms with E-state index in [-0.39, 0.29) is 5.97 Å². The van der Waals surface area contributed by atoms with Crippen LogP contribution in [0, 0.1) is 0 Å². The molecule has 4 heteroatoms. The number of carbonyl (C=O) groups is 1. The summed E-state index contributed by atoms with van der Waals surface area (Å²) in [6.45, 7) is 3.11. The maximum atomic E-state index is 11.9. The van der Waals surface area contributed by atoms with Crippen molar-refractivity contribution in [3.05, 3.63) is 53.6 Å². The molecule has 0 fully saturated rings. The molecule has 2 heterocycles. The van der Waals surface area contributed by atoms with Crippen molar-refractivity contribution in [3.8, 4) is 11.4 Å². The summed E-state index contributed by atoms with van der Waals surface area (Å²) in [7, 11) is 0. The maximum Gasteiger partial charge on any atom is 0.338 e. The number of benzene rings is 2. The second-order valence-electron chi connectivity index (χ2n) is 5.42. The fraction of sp³-hybridized carbons (Fsp3) is 0.222. The van der Waals surface area contributed by atoms with E-state index in [9.17, 15) is 4.79 Å². The highest BCUT2D eigenvalue weighted by Gasteiger charge is 2.20. The van der Waals surface area contributed by atoms with Crippen molar-refractivity contribution >= 4 is 17.0 Å². The van der Waals surface area contributed by atoms with Gasteiger partial charge in [0.15, 0.2) is 0 Å². The summed E-state index contributed by atoms with van der Waals surface area (Å²) in [5.74, 6) is 0.689. The minimum atomic E-state index is -0.296. The van der Waals surface area contributed by atoms with Crippen LogP contribution in [0.15, 0.2) is 42.5 Å². The Hall–Kier alpha value is -2.62. The van der Waals surface area contributed by atoms with Crippen LogP contribution in [0.2, 0.25) is 0 Å². The van der Waals surface area contributed by atoms with E-state index in [0.29, 0.717) is 12.2 Å². The zero-order valence-electron chi connectivity index (χ0n) is 12.4. The van der Waals surface area contributed by atoms with Crippen LogP contribution < -0.4 is 0 Å². The fourth-order valence-corrected chi connectivity index (χ4v) is 3.09. The van der Waals surface area contributed by atoms with Crippen molar-refractivity contribution in [2.45, 2.75) is 19.9 Å². The number of fused-ring (bicyclic) bond motifs is 5. The van der Waals surface area contributed by atoms with E-state index in [1.54, 1.807) is 0 Å². The van der Waals surface area contributed by atoms with E-state index in [1.807, 2.05) is 31.2 Å². The minimum absolute atomic E-state index is 0.296. The predicted molar refractivity (Wildman–Crippen MR) is 84.8 cm³/mol. The highest BCUT2D eigenvalue weighted by Crippen LogP contribution is 2.32. The number of carbonyl (C=O) groups excluding carboxylic acids is 1. The molecule has 0 saturated carbocycles. The average molecular weight is 292 g/mol. The van der Waals surface area contributed by atoms with Gasteiger partial charge in [-0.1, -0.05) is 24.3 Å². The molecule has 1 aliphatic rings. The van der Waals surface area contributed by atoms with Crippen molar-refractivity contribution in [2.75, 3.05) is 6.61 Å². The Kier molecular flexibility index (Phi) is 2.96. The molecular formula is C18H16N2O2. The number of ether oxygens (including phenoxy) is 1. The van der Waals surface area contributed by atoms with Crippen LogP contribution in [-0.4, -0.2) is 22.1 Å². The third kappa shape index (κ3) is 1.91. The zero-order valence-corrected chi connectivity index (χ0v) is 12.4. The van der Waals surface area contributed by atoms with E-state index in [4.69, 9.17) is 9.72 Å². The number of imidazole rings is 1. The van der Waals surface area contributed by atoms with Gasteiger partial charge in [-0.25, -0.2) is 9.78 Å². The Labute approximate surface area is 128 Å². The van der Waals surface area contributed by atoms with Gasteiger partial charge in [-0.05, 0) is 37.1 Å². The first-order valence-electron chi connectivity index (χ1n) is 7.53. The molecule has 3 aromatic rings. The highest BCUT2D eigenvalue weighted by molar-refractivity contribution is 5.94. The third-order valence-corrected chi connectivity index (χ3v) is 4.12. The molecule has 22 heavy (non-hydrogen) atoms. The van der Waals surface area contributed by atoms with Gasteiger partial charge in [0.1, 0.15) is 5.82 Å². The zero-order chi connectivity index (χ0) is 15.1. The highest BCUT2D eigenvalue weighted by atomic mass is 16.5. The maximum absolute atomic E-state index is 11.9. The number of rotatable bonds is 2. The first kappa shape index (κ1) is 13.1. The lowest BCUT2D eigenvalue weighted by molar-refractivity contribution is 0.0526. The molecule has 0 aliphatic carbocycles. The van der Waals surface area contributed by atoms with E-state index in [0.717, 1.165) is 29.8 Å². The second kappa shape index (κ2) is 4.98. The van der Waals surface area contributed by atoms with Gasteiger partial charge >= 0.3 is 5.97 Å². The van der Waals surface area contributed by atoms with Gasteiger partial charge < -0.3 is 9.30 Å².